The first-order valence-electron chi connectivity index (χ1n) is 11.5. The van der Waals surface area contributed by atoms with E-state index in [2.05, 4.69) is 35.1 Å². The summed E-state index contributed by atoms with van der Waals surface area (Å²) in [6, 6.07) is 16.0. The highest BCUT2D eigenvalue weighted by Gasteiger charge is 2.34. The van der Waals surface area contributed by atoms with Crippen molar-refractivity contribution >= 4 is 33.2 Å². The van der Waals surface area contributed by atoms with E-state index < -0.39 is 10.0 Å². The van der Waals surface area contributed by atoms with Crippen LogP contribution in [0.3, 0.4) is 0 Å². The molecule has 10 heteroatoms. The van der Waals surface area contributed by atoms with E-state index in [1.54, 1.807) is 14.0 Å². The van der Waals surface area contributed by atoms with Gasteiger partial charge in [-0.25, -0.2) is 8.42 Å². The molecule has 188 valence electrons. The predicted molar refractivity (Wildman–Crippen MR) is 138 cm³/mol. The van der Waals surface area contributed by atoms with E-state index in [0.29, 0.717) is 50.0 Å². The molecule has 1 aliphatic rings. The van der Waals surface area contributed by atoms with Crippen LogP contribution in [0.1, 0.15) is 28.5 Å². The topological polar surface area (TPSA) is 67.7 Å². The Hall–Kier alpha value is -1.94. The van der Waals surface area contributed by atoms with E-state index in [-0.39, 0.29) is 16.2 Å². The van der Waals surface area contributed by atoms with Gasteiger partial charge in [0.25, 0.3) is 0 Å². The van der Waals surface area contributed by atoms with Gasteiger partial charge in [-0.15, -0.1) is 0 Å². The molecule has 4 rings (SSSR count). The summed E-state index contributed by atoms with van der Waals surface area (Å²) >= 11 is 12.4. The zero-order valence-electron chi connectivity index (χ0n) is 20.1. The first-order valence-corrected chi connectivity index (χ1v) is 13.7. The second-order valence-corrected chi connectivity index (χ2v) is 11.5. The third-order valence-electron chi connectivity index (χ3n) is 6.23. The molecule has 1 fully saturated rings. The van der Waals surface area contributed by atoms with Gasteiger partial charge in [-0.2, -0.15) is 9.40 Å². The van der Waals surface area contributed by atoms with Crippen molar-refractivity contribution in [3.8, 4) is 0 Å². The number of aromatic nitrogens is 2. The molecule has 0 N–H and O–H groups in total. The van der Waals surface area contributed by atoms with Crippen molar-refractivity contribution in [2.75, 3.05) is 32.7 Å². The summed E-state index contributed by atoms with van der Waals surface area (Å²) in [6.45, 7) is 6.79. The average Bonchev–Trinajstić information content (AvgIpc) is 3.09. The van der Waals surface area contributed by atoms with Crippen LogP contribution in [0.15, 0.2) is 53.4 Å². The van der Waals surface area contributed by atoms with Crippen LogP contribution in [0.2, 0.25) is 10.2 Å². The van der Waals surface area contributed by atoms with E-state index in [9.17, 15) is 8.42 Å². The lowest BCUT2D eigenvalue weighted by Crippen LogP contribution is -2.49. The number of benzene rings is 2. The Labute approximate surface area is 217 Å². The zero-order valence-corrected chi connectivity index (χ0v) is 22.4. The molecule has 1 saturated heterocycles. The van der Waals surface area contributed by atoms with Gasteiger partial charge in [0.15, 0.2) is 0 Å². The quantitative estimate of drug-likeness (QED) is 0.420. The van der Waals surface area contributed by atoms with Crippen LogP contribution < -0.4 is 0 Å². The number of rotatable bonds is 8. The van der Waals surface area contributed by atoms with Gasteiger partial charge in [-0.1, -0.05) is 65.2 Å². The van der Waals surface area contributed by atoms with Gasteiger partial charge in [0, 0.05) is 44.8 Å². The zero-order chi connectivity index (χ0) is 25.2. The molecule has 7 nitrogen and oxygen atoms in total. The van der Waals surface area contributed by atoms with Gasteiger partial charge in [0.05, 0.1) is 18.4 Å². The van der Waals surface area contributed by atoms with Crippen molar-refractivity contribution in [1.82, 2.24) is 19.0 Å². The number of halogens is 2. The lowest BCUT2D eigenvalue weighted by atomic mass is 10.1. The summed E-state index contributed by atoms with van der Waals surface area (Å²) in [6.07, 6.45) is -0.175. The number of nitrogens with zero attached hydrogens (tertiary/aromatic N) is 4. The summed E-state index contributed by atoms with van der Waals surface area (Å²) < 4.78 is 35.7. The van der Waals surface area contributed by atoms with Crippen molar-refractivity contribution in [1.29, 1.82) is 0 Å². The standard InChI is InChI=1S/C25H30Cl2N4O3S/c1-18-5-4-6-20(15-18)17-34-23(21-7-9-22(26)10-8-21)16-30-11-13-31(14-12-30)35(32,33)24-19(2)28-29(3)25(24)27/h4-10,15,23H,11-14,16-17H2,1-3H3. The number of hydrogen-bond acceptors (Lipinski definition) is 5. The van der Waals surface area contributed by atoms with E-state index >= 15 is 0 Å². The maximum Gasteiger partial charge on any atom is 0.248 e. The van der Waals surface area contributed by atoms with Gasteiger partial charge >= 0.3 is 0 Å². The minimum atomic E-state index is -3.72. The fraction of sp³-hybridized carbons (Fsp3) is 0.400. The van der Waals surface area contributed by atoms with Gasteiger partial charge in [-0.05, 0) is 37.1 Å². The summed E-state index contributed by atoms with van der Waals surface area (Å²) in [7, 11) is -2.08. The smallest absolute Gasteiger partial charge is 0.248 e. The first kappa shape index (κ1) is 26.1. The molecule has 0 radical (unpaired) electrons. The molecular weight excluding hydrogens is 507 g/mol. The predicted octanol–water partition coefficient (Wildman–Crippen LogP) is 4.61. The molecule has 0 amide bonds. The lowest BCUT2D eigenvalue weighted by Gasteiger charge is -2.35. The minimum Gasteiger partial charge on any atom is -0.368 e. The number of aryl methyl sites for hydroxylation is 3. The van der Waals surface area contributed by atoms with E-state index in [1.165, 1.54) is 14.6 Å². The number of piperazine rings is 1. The van der Waals surface area contributed by atoms with Crippen molar-refractivity contribution in [2.24, 2.45) is 7.05 Å². The Bertz CT molecular complexity index is 1270. The maximum atomic E-state index is 13.2. The van der Waals surface area contributed by atoms with Crippen LogP contribution in [0, 0.1) is 13.8 Å². The minimum absolute atomic E-state index is 0.0932. The summed E-state index contributed by atoms with van der Waals surface area (Å²) in [4.78, 5) is 2.33. The molecule has 35 heavy (non-hydrogen) atoms. The van der Waals surface area contributed by atoms with Crippen LogP contribution in [0.4, 0.5) is 0 Å². The van der Waals surface area contributed by atoms with Crippen LogP contribution in [-0.4, -0.2) is 60.1 Å². The third-order valence-corrected chi connectivity index (χ3v) is 9.08. The highest BCUT2D eigenvalue weighted by atomic mass is 35.5. The summed E-state index contributed by atoms with van der Waals surface area (Å²) in [5, 5.41) is 4.97. The van der Waals surface area contributed by atoms with Crippen molar-refractivity contribution in [3.63, 3.8) is 0 Å². The maximum absolute atomic E-state index is 13.2. The molecule has 1 atom stereocenters. The Balaban J connectivity index is 1.44. The largest absolute Gasteiger partial charge is 0.368 e. The van der Waals surface area contributed by atoms with Crippen molar-refractivity contribution in [3.05, 3.63) is 81.1 Å². The SMILES string of the molecule is Cc1cccc(COC(CN2CCN(S(=O)(=O)c3c(C)nn(C)c3Cl)CC2)c2ccc(Cl)cc2)c1. The molecular formula is C25H30Cl2N4O3S. The average molecular weight is 538 g/mol. The fourth-order valence-electron chi connectivity index (χ4n) is 4.35. The Kier molecular flexibility index (Phi) is 8.20. The number of ether oxygens (including phenoxy) is 1. The Morgan fingerprint density at radius 1 is 1.03 bits per heavy atom. The van der Waals surface area contributed by atoms with Gasteiger partial charge < -0.3 is 4.74 Å². The molecule has 1 aromatic heterocycles. The van der Waals surface area contributed by atoms with Crippen molar-refractivity contribution < 1.29 is 13.2 Å². The molecule has 2 aromatic carbocycles. The van der Waals surface area contributed by atoms with E-state index in [1.807, 2.05) is 30.3 Å². The molecule has 3 aromatic rings. The Morgan fingerprint density at radius 3 is 2.31 bits per heavy atom. The lowest BCUT2D eigenvalue weighted by molar-refractivity contribution is 0.00771. The normalized spacial score (nSPS) is 16.5. The monoisotopic (exact) mass is 536 g/mol. The number of sulfonamides is 1. The summed E-state index contributed by atoms with van der Waals surface area (Å²) in [5.41, 5.74) is 3.75. The van der Waals surface area contributed by atoms with Gasteiger partial charge in [-0.3, -0.25) is 9.58 Å². The van der Waals surface area contributed by atoms with Crippen LogP contribution >= 0.6 is 23.2 Å². The second kappa shape index (κ2) is 11.0. The molecule has 0 bridgehead atoms. The molecule has 2 heterocycles. The fourth-order valence-corrected chi connectivity index (χ4v) is 6.60. The molecule has 0 spiro atoms. The van der Waals surface area contributed by atoms with E-state index in [4.69, 9.17) is 27.9 Å². The van der Waals surface area contributed by atoms with Crippen LogP contribution in [0.25, 0.3) is 0 Å². The van der Waals surface area contributed by atoms with Crippen LogP contribution in [0.5, 0.6) is 0 Å². The third kappa shape index (κ3) is 6.07. The first-order chi connectivity index (χ1) is 16.6. The summed E-state index contributed by atoms with van der Waals surface area (Å²) in [5.74, 6) is 0. The Morgan fingerprint density at radius 2 is 1.71 bits per heavy atom. The van der Waals surface area contributed by atoms with Gasteiger partial charge in [0.1, 0.15) is 10.0 Å². The molecule has 1 unspecified atom stereocenters. The van der Waals surface area contributed by atoms with Crippen LogP contribution in [-0.2, 0) is 28.4 Å². The molecule has 1 aliphatic heterocycles. The molecule has 0 aliphatic carbocycles. The second-order valence-electron chi connectivity index (χ2n) is 8.87. The van der Waals surface area contributed by atoms with Gasteiger partial charge in [0.2, 0.25) is 10.0 Å². The highest BCUT2D eigenvalue weighted by Crippen LogP contribution is 2.29. The highest BCUT2D eigenvalue weighted by molar-refractivity contribution is 7.89. The number of hydrogen-bond donors (Lipinski definition) is 0. The van der Waals surface area contributed by atoms with Crippen molar-refractivity contribution in [2.45, 2.75) is 31.5 Å². The van der Waals surface area contributed by atoms with E-state index in [0.717, 1.165) is 11.1 Å². The molecule has 0 saturated carbocycles.